The van der Waals surface area contributed by atoms with Gasteiger partial charge in [-0.05, 0) is 18.2 Å². The van der Waals surface area contributed by atoms with Gasteiger partial charge in [0.25, 0.3) is 10.1 Å². The predicted octanol–water partition coefficient (Wildman–Crippen LogP) is -0.432. The topological polar surface area (TPSA) is 219 Å². The summed E-state index contributed by atoms with van der Waals surface area (Å²) in [5.74, 6) is -0.231. The van der Waals surface area contributed by atoms with E-state index in [2.05, 4.69) is 34.4 Å². The molecule has 1 aromatic carbocycles. The maximum atomic E-state index is 11.4. The Labute approximate surface area is 174 Å². The molecule has 0 spiro atoms. The minimum Gasteiger partial charge on any atom is -0.368 e. The van der Waals surface area contributed by atoms with Gasteiger partial charge in [0.05, 0.1) is 40.3 Å². The molecule has 1 aromatic heterocycles. The molecule has 0 bridgehead atoms. The highest BCUT2D eigenvalue weighted by Gasteiger charge is 2.39. The lowest BCUT2D eigenvalue weighted by Gasteiger charge is -2.12. The first-order valence-corrected chi connectivity index (χ1v) is 11.8. The van der Waals surface area contributed by atoms with Gasteiger partial charge in [-0.25, -0.2) is 13.7 Å². The Kier molecular flexibility index (Phi) is 6.29. The minimum absolute atomic E-state index is 0.0559. The van der Waals surface area contributed by atoms with E-state index in [4.69, 9.17) is 11.0 Å². The summed E-state index contributed by atoms with van der Waals surface area (Å²) >= 11 is 0.519. The molecule has 3 rings (SSSR count). The summed E-state index contributed by atoms with van der Waals surface area (Å²) < 4.78 is 61.5. The zero-order valence-corrected chi connectivity index (χ0v) is 17.4. The highest BCUT2D eigenvalue weighted by Crippen LogP contribution is 2.33. The van der Waals surface area contributed by atoms with E-state index in [1.807, 2.05) is 0 Å². The number of aromatic nitrogens is 3. The molecule has 2 aromatic rings. The molecular formula is C12H15N7O8S3. The molecule has 30 heavy (non-hydrogen) atoms. The van der Waals surface area contributed by atoms with E-state index < -0.39 is 31.2 Å². The molecule has 18 heteroatoms. The van der Waals surface area contributed by atoms with E-state index in [1.54, 1.807) is 0 Å². The number of anilines is 4. The van der Waals surface area contributed by atoms with Crippen LogP contribution in [0.1, 0.15) is 0 Å². The average molecular weight is 481 g/mol. The Morgan fingerprint density at radius 2 is 2.00 bits per heavy atom. The molecular weight excluding hydrogens is 466 g/mol. The van der Waals surface area contributed by atoms with Crippen molar-refractivity contribution in [1.29, 1.82) is 0 Å². The van der Waals surface area contributed by atoms with Gasteiger partial charge >= 0.3 is 0 Å². The van der Waals surface area contributed by atoms with Crippen molar-refractivity contribution < 1.29 is 36.0 Å². The second kappa shape index (κ2) is 8.43. The number of sulfonamides is 1. The van der Waals surface area contributed by atoms with Crippen LogP contribution in [0.25, 0.3) is 0 Å². The van der Waals surface area contributed by atoms with E-state index in [-0.39, 0.29) is 28.4 Å². The van der Waals surface area contributed by atoms with Crippen LogP contribution in [0.5, 0.6) is 0 Å². The number of benzene rings is 1. The largest absolute Gasteiger partial charge is 0.368 e. The lowest BCUT2D eigenvalue weighted by atomic mass is 10.3. The summed E-state index contributed by atoms with van der Waals surface area (Å²) in [4.78, 5) is 13.2. The van der Waals surface area contributed by atoms with Gasteiger partial charge in [0.1, 0.15) is 6.17 Å². The summed E-state index contributed by atoms with van der Waals surface area (Å²) in [6, 6.07) is 3.41. The van der Waals surface area contributed by atoms with Gasteiger partial charge in [-0.3, -0.25) is 4.55 Å². The Hall–Kier alpha value is -2.32. The zero-order valence-electron chi connectivity index (χ0n) is 15.0. The Bertz CT molecular complexity index is 1160. The molecule has 0 saturated carbocycles. The van der Waals surface area contributed by atoms with Gasteiger partial charge in [0.2, 0.25) is 27.9 Å². The molecule has 0 aliphatic carbocycles. The van der Waals surface area contributed by atoms with Crippen molar-refractivity contribution in [3.63, 3.8) is 0 Å². The summed E-state index contributed by atoms with van der Waals surface area (Å²) in [5.41, 5.74) is 5.74. The lowest BCUT2D eigenvalue weighted by molar-refractivity contribution is -0.432. The smallest absolute Gasteiger partial charge is 0.294 e. The number of nitrogens with one attached hydrogen (secondary N) is 2. The maximum Gasteiger partial charge on any atom is 0.294 e. The van der Waals surface area contributed by atoms with E-state index in [9.17, 15) is 21.4 Å². The third-order valence-electron chi connectivity index (χ3n) is 3.51. The highest BCUT2D eigenvalue weighted by molar-refractivity contribution is 7.94. The van der Waals surface area contributed by atoms with E-state index >= 15 is 0 Å². The van der Waals surface area contributed by atoms with Crippen molar-refractivity contribution in [2.75, 3.05) is 28.8 Å². The number of hydrogen-bond acceptors (Lipinski definition) is 14. The van der Waals surface area contributed by atoms with Gasteiger partial charge in [-0.1, -0.05) is 5.04 Å². The first-order chi connectivity index (χ1) is 14.0. The number of rotatable bonds is 9. The van der Waals surface area contributed by atoms with Gasteiger partial charge in [0, 0.05) is 0 Å². The third-order valence-corrected chi connectivity index (χ3v) is 5.72. The fourth-order valence-corrected chi connectivity index (χ4v) is 3.92. The van der Waals surface area contributed by atoms with Crippen molar-refractivity contribution >= 4 is 55.7 Å². The second-order valence-corrected chi connectivity index (χ2v) is 9.80. The molecule has 0 radical (unpaired) electrons. The Balaban J connectivity index is 1.89. The van der Waals surface area contributed by atoms with Crippen LogP contribution in [0.4, 0.5) is 23.5 Å². The quantitative estimate of drug-likeness (QED) is 0.101. The fraction of sp³-hybridized carbons (Fsp3) is 0.250. The molecule has 15 nitrogen and oxygen atoms in total. The number of nitrogens with zero attached hydrogens (tertiary/aromatic N) is 4. The average Bonchev–Trinajstić information content (AvgIpc) is 3.36. The van der Waals surface area contributed by atoms with Crippen molar-refractivity contribution in [2.45, 2.75) is 16.0 Å². The normalized spacial score (nSPS) is 16.5. The molecule has 1 atom stereocenters. The molecule has 0 amide bonds. The highest BCUT2D eigenvalue weighted by atomic mass is 32.2. The van der Waals surface area contributed by atoms with Crippen LogP contribution < -0.4 is 20.7 Å². The van der Waals surface area contributed by atoms with Crippen LogP contribution >= 0.6 is 12.0 Å². The third kappa shape index (κ3) is 5.86. The Morgan fingerprint density at radius 3 is 2.63 bits per heavy atom. The molecule has 2 heterocycles. The molecule has 164 valence electrons. The number of nitrogen functional groups attached to an aromatic ring is 1. The van der Waals surface area contributed by atoms with Crippen molar-refractivity contribution in [3.8, 4) is 0 Å². The zero-order chi connectivity index (χ0) is 22.1. The van der Waals surface area contributed by atoms with Crippen LogP contribution in [-0.2, 0) is 29.5 Å². The van der Waals surface area contributed by atoms with Crippen molar-refractivity contribution in [2.24, 2.45) is 0 Å². The summed E-state index contributed by atoms with van der Waals surface area (Å²) in [6.07, 6.45) is 0.469. The number of nitrogens with two attached hydrogens (primary N) is 1. The van der Waals surface area contributed by atoms with Crippen LogP contribution in [0.3, 0.4) is 0 Å². The van der Waals surface area contributed by atoms with Crippen LogP contribution in [0, 0.1) is 0 Å². The predicted molar refractivity (Wildman–Crippen MR) is 104 cm³/mol. The molecule has 1 saturated heterocycles. The van der Waals surface area contributed by atoms with Gasteiger partial charge in [0.15, 0.2) is 0 Å². The van der Waals surface area contributed by atoms with E-state index in [0.717, 1.165) is 18.4 Å². The van der Waals surface area contributed by atoms with Crippen LogP contribution in [0.15, 0.2) is 28.0 Å². The van der Waals surface area contributed by atoms with E-state index in [1.165, 1.54) is 11.0 Å². The summed E-state index contributed by atoms with van der Waals surface area (Å²) in [6.45, 7) is 0.303. The molecule has 1 fully saturated rings. The van der Waals surface area contributed by atoms with Crippen LogP contribution in [0.2, 0.25) is 0 Å². The first kappa shape index (κ1) is 22.4. The van der Waals surface area contributed by atoms with Crippen LogP contribution in [-0.4, -0.2) is 60.6 Å². The van der Waals surface area contributed by atoms with Crippen molar-refractivity contribution in [3.05, 3.63) is 18.2 Å². The monoisotopic (exact) mass is 481 g/mol. The Morgan fingerprint density at radius 1 is 1.27 bits per heavy atom. The summed E-state index contributed by atoms with van der Waals surface area (Å²) in [7, 11) is -7.96. The number of hydrogen-bond donors (Lipinski definition) is 5. The first-order valence-electron chi connectivity index (χ1n) is 7.75. The van der Waals surface area contributed by atoms with Gasteiger partial charge < -0.3 is 16.0 Å². The molecule has 1 aliphatic rings. The van der Waals surface area contributed by atoms with Gasteiger partial charge in [-0.15, -0.1) is 4.33 Å². The minimum atomic E-state index is -4.52. The van der Waals surface area contributed by atoms with Gasteiger partial charge in [-0.2, -0.15) is 28.1 Å². The molecule has 1 unspecified atom stereocenters. The van der Waals surface area contributed by atoms with E-state index in [0.29, 0.717) is 18.6 Å². The maximum absolute atomic E-state index is 11.4. The molecule has 1 aliphatic heterocycles. The molecule has 6 N–H and O–H groups in total. The SMILES string of the molecule is CS(=O)(=O)NC1CN1c1nc(N)nc(Nc2cc(S(=O)(=O)O)ccc2SOOO)n1. The fourth-order valence-electron chi connectivity index (χ4n) is 2.29. The van der Waals surface area contributed by atoms with Crippen molar-refractivity contribution in [1.82, 2.24) is 19.7 Å². The second-order valence-electron chi connectivity index (χ2n) is 5.86. The lowest BCUT2D eigenvalue weighted by Crippen LogP contribution is -2.28. The standard InChI is InChI=1S/C12H15N7O8S3/c1-29(21,22)18-9-5-19(9)12-16-10(13)15-11(17-12)14-7-4-6(30(23,24)25)2-3-8(7)28-27-26-20/h2-4,9,18,20H,5H2,1H3,(H,23,24,25)(H3,13,14,15,16,17). The summed E-state index contributed by atoms with van der Waals surface area (Å²) in [5, 5.41) is 14.6.